The van der Waals surface area contributed by atoms with Crippen molar-refractivity contribution < 1.29 is 0 Å². The number of hydrogen-bond donors (Lipinski definition) is 1. The van der Waals surface area contributed by atoms with Crippen molar-refractivity contribution in [1.82, 2.24) is 9.47 Å². The molecule has 1 fully saturated rings. The fraction of sp³-hybridized carbons (Fsp3) is 0.545. The smallest absolute Gasteiger partial charge is 0.133 e. The lowest BCUT2D eigenvalue weighted by atomic mass is 9.84. The van der Waals surface area contributed by atoms with Gasteiger partial charge in [0.1, 0.15) is 11.3 Å². The molecule has 2 heterocycles. The second kappa shape index (κ2) is 12.2. The maximum Gasteiger partial charge on any atom is 0.133 e. The summed E-state index contributed by atoms with van der Waals surface area (Å²) in [7, 11) is 3.56. The van der Waals surface area contributed by atoms with Gasteiger partial charge in [-0.25, -0.2) is 0 Å². The summed E-state index contributed by atoms with van der Waals surface area (Å²) in [5, 5.41) is 3.35. The van der Waals surface area contributed by atoms with Crippen molar-refractivity contribution in [1.29, 1.82) is 0 Å². The summed E-state index contributed by atoms with van der Waals surface area (Å²) in [6, 6.07) is 3.96. The van der Waals surface area contributed by atoms with Crippen LogP contribution in [-0.4, -0.2) is 42.5 Å². The molecule has 0 saturated carbocycles. The Balaban J connectivity index is 0.00000158. The zero-order valence-corrected chi connectivity index (χ0v) is 18.8. The molecule has 1 aromatic heterocycles. The highest BCUT2D eigenvalue weighted by molar-refractivity contribution is 6.04. The van der Waals surface area contributed by atoms with Crippen LogP contribution in [0, 0.1) is 5.41 Å². The molecule has 2 rings (SSSR count). The topological polar surface area (TPSA) is 44.9 Å². The Kier molecular flexibility index (Phi) is 11.1. The molecule has 0 bridgehead atoms. The molecule has 0 aliphatic carbocycles. The van der Waals surface area contributed by atoms with E-state index in [1.807, 2.05) is 50.6 Å². The number of allylic oxidation sites excluding steroid dienone is 1. The van der Waals surface area contributed by atoms with Gasteiger partial charge in [0.15, 0.2) is 0 Å². The monoisotopic (exact) mass is 373 g/mol. The average molecular weight is 374 g/mol. The maximum atomic E-state index is 4.34. The third-order valence-electron chi connectivity index (χ3n) is 3.99. The van der Waals surface area contributed by atoms with E-state index in [1.54, 1.807) is 20.3 Å². The predicted molar refractivity (Wildman–Crippen MR) is 121 cm³/mol. The van der Waals surface area contributed by atoms with Gasteiger partial charge in [0.2, 0.25) is 0 Å². The molecular formula is C22H39N5. The number of amidine groups is 1. The Bertz CT molecular complexity index is 700. The molecule has 0 unspecified atom stereocenters. The highest BCUT2D eigenvalue weighted by Crippen LogP contribution is 2.31. The summed E-state index contributed by atoms with van der Waals surface area (Å²) in [4.78, 5) is 11.0. The number of pyridine rings is 1. The van der Waals surface area contributed by atoms with E-state index in [9.17, 15) is 0 Å². The highest BCUT2D eigenvalue weighted by Gasteiger charge is 2.33. The van der Waals surface area contributed by atoms with Crippen LogP contribution in [0.2, 0.25) is 0 Å². The third kappa shape index (κ3) is 7.45. The highest BCUT2D eigenvalue weighted by atomic mass is 15.2. The summed E-state index contributed by atoms with van der Waals surface area (Å²) in [6.07, 6.45) is 5.75. The van der Waals surface area contributed by atoms with Crippen molar-refractivity contribution in [3.05, 3.63) is 42.2 Å². The van der Waals surface area contributed by atoms with Crippen LogP contribution >= 0.6 is 0 Å². The first-order chi connectivity index (χ1) is 12.9. The van der Waals surface area contributed by atoms with Crippen molar-refractivity contribution in [2.24, 2.45) is 15.4 Å². The first kappa shape index (κ1) is 24.7. The Labute approximate surface area is 166 Å². The van der Waals surface area contributed by atoms with Crippen molar-refractivity contribution in [3.8, 4) is 0 Å². The van der Waals surface area contributed by atoms with E-state index in [0.29, 0.717) is 5.41 Å². The van der Waals surface area contributed by atoms with Crippen molar-refractivity contribution in [3.63, 3.8) is 0 Å². The molecule has 27 heavy (non-hydrogen) atoms. The maximum absolute atomic E-state index is 4.34. The second-order valence-corrected chi connectivity index (χ2v) is 6.63. The third-order valence-corrected chi connectivity index (χ3v) is 3.99. The molecule has 0 spiro atoms. The van der Waals surface area contributed by atoms with E-state index in [1.165, 1.54) is 5.70 Å². The van der Waals surface area contributed by atoms with E-state index >= 15 is 0 Å². The number of nitrogens with one attached hydrogen (secondary N) is 1. The van der Waals surface area contributed by atoms with Crippen molar-refractivity contribution in [2.75, 3.05) is 32.5 Å². The van der Waals surface area contributed by atoms with Gasteiger partial charge < -0.3 is 14.8 Å². The molecule has 1 aliphatic heterocycles. The Morgan fingerprint density at radius 2 is 1.78 bits per heavy atom. The van der Waals surface area contributed by atoms with Crippen molar-refractivity contribution in [2.45, 2.75) is 48.5 Å². The van der Waals surface area contributed by atoms with Gasteiger partial charge in [-0.15, -0.1) is 0 Å². The molecule has 0 radical (unpaired) electrons. The normalized spacial score (nSPS) is 16.3. The first-order valence-electron chi connectivity index (χ1n) is 9.83. The van der Waals surface area contributed by atoms with Gasteiger partial charge in [-0.05, 0) is 24.5 Å². The van der Waals surface area contributed by atoms with Gasteiger partial charge in [-0.3, -0.25) is 9.98 Å². The fourth-order valence-corrected chi connectivity index (χ4v) is 2.74. The summed E-state index contributed by atoms with van der Waals surface area (Å²) >= 11 is 0. The minimum Gasteiger partial charge on any atom is -0.374 e. The average Bonchev–Trinajstić information content (AvgIpc) is 2.68. The van der Waals surface area contributed by atoms with Crippen LogP contribution in [0.25, 0.3) is 6.20 Å². The lowest BCUT2D eigenvalue weighted by Gasteiger charge is -2.47. The van der Waals surface area contributed by atoms with E-state index in [2.05, 4.69) is 53.6 Å². The number of aliphatic imine (C=N–C) groups is 1. The van der Waals surface area contributed by atoms with Crippen LogP contribution in [0.1, 0.15) is 48.5 Å². The van der Waals surface area contributed by atoms with Gasteiger partial charge in [0, 0.05) is 57.0 Å². The lowest BCUT2D eigenvalue weighted by molar-refractivity contribution is 0.0646. The molecule has 5 heteroatoms. The standard InChI is InChI=1S/C18H27N5.2C2H6/c1-7-22-9-8-15(11-17(22)20-6)21-16(19-5)10-14(2)23-12-18(3,4)13-23;2*1-2/h7-11H,1,12-13H2,2-6H3,(H,19,21);2*1-2H3/b14-10+,20-17?;;. The summed E-state index contributed by atoms with van der Waals surface area (Å²) in [5.41, 5.74) is 3.44. The predicted octanol–water partition coefficient (Wildman–Crippen LogP) is 4.86. The minimum atomic E-state index is 0.418. The van der Waals surface area contributed by atoms with E-state index in [0.717, 1.165) is 30.1 Å². The van der Waals surface area contributed by atoms with Gasteiger partial charge in [0.25, 0.3) is 0 Å². The molecular weight excluding hydrogens is 334 g/mol. The van der Waals surface area contributed by atoms with E-state index in [4.69, 9.17) is 0 Å². The van der Waals surface area contributed by atoms with Gasteiger partial charge in [0.05, 0.1) is 0 Å². The van der Waals surface area contributed by atoms with Crippen LogP contribution in [0.4, 0.5) is 5.69 Å². The Morgan fingerprint density at radius 1 is 1.19 bits per heavy atom. The molecule has 1 N–H and O–H groups in total. The molecule has 1 aromatic rings. The SMILES string of the molecule is C=Cn1ccc(NC(/C=C(\C)N2CC(C)(C)C2)=NC)cc1=NC.CC.CC. The molecule has 152 valence electrons. The summed E-state index contributed by atoms with van der Waals surface area (Å²) < 4.78 is 1.87. The Morgan fingerprint density at radius 3 is 2.22 bits per heavy atom. The van der Waals surface area contributed by atoms with Gasteiger partial charge >= 0.3 is 0 Å². The van der Waals surface area contributed by atoms with Gasteiger partial charge in [-0.1, -0.05) is 48.1 Å². The second-order valence-electron chi connectivity index (χ2n) is 6.63. The van der Waals surface area contributed by atoms with Gasteiger partial charge in [-0.2, -0.15) is 0 Å². The first-order valence-corrected chi connectivity index (χ1v) is 9.83. The zero-order valence-electron chi connectivity index (χ0n) is 18.8. The van der Waals surface area contributed by atoms with E-state index < -0.39 is 0 Å². The quantitative estimate of drug-likeness (QED) is 0.605. The van der Waals surface area contributed by atoms with Crippen LogP contribution in [0.5, 0.6) is 0 Å². The number of rotatable bonds is 4. The zero-order chi connectivity index (χ0) is 21.0. The van der Waals surface area contributed by atoms with Crippen LogP contribution in [-0.2, 0) is 0 Å². The molecule has 1 saturated heterocycles. The minimum absolute atomic E-state index is 0.418. The number of hydrogen-bond acceptors (Lipinski definition) is 3. The molecule has 1 aliphatic rings. The summed E-state index contributed by atoms with van der Waals surface area (Å²) in [5.74, 6) is 0.839. The molecule has 5 nitrogen and oxygen atoms in total. The molecule has 0 atom stereocenters. The number of aromatic nitrogens is 1. The number of anilines is 1. The molecule has 0 amide bonds. The molecule has 0 aromatic carbocycles. The number of nitrogens with zero attached hydrogens (tertiary/aromatic N) is 4. The summed E-state index contributed by atoms with van der Waals surface area (Å²) in [6.45, 7) is 20.7. The Hall–Kier alpha value is -2.30. The number of likely N-dealkylation sites (tertiary alicyclic amines) is 1. The van der Waals surface area contributed by atoms with E-state index in [-0.39, 0.29) is 0 Å². The fourth-order valence-electron chi connectivity index (χ4n) is 2.74. The van der Waals surface area contributed by atoms with Crippen LogP contribution in [0.3, 0.4) is 0 Å². The van der Waals surface area contributed by atoms with Crippen LogP contribution < -0.4 is 10.8 Å². The van der Waals surface area contributed by atoms with Crippen LogP contribution in [0.15, 0.2) is 46.7 Å². The lowest BCUT2D eigenvalue weighted by Crippen LogP contribution is -2.51. The van der Waals surface area contributed by atoms with Crippen molar-refractivity contribution >= 4 is 17.7 Å². The largest absolute Gasteiger partial charge is 0.374 e.